The molecule has 2 aliphatic rings. The molecule has 0 aliphatic carbocycles. The first-order valence-electron chi connectivity index (χ1n) is 7.93. The number of nitrogens with one attached hydrogen (secondary N) is 2. The highest BCUT2D eigenvalue weighted by atomic mass is 16.6. The average molecular weight is 319 g/mol. The van der Waals surface area contributed by atoms with Crippen molar-refractivity contribution in [1.82, 2.24) is 10.2 Å². The number of amides is 1. The van der Waals surface area contributed by atoms with E-state index in [-0.39, 0.29) is 11.6 Å². The zero-order chi connectivity index (χ0) is 16.4. The van der Waals surface area contributed by atoms with Crippen molar-refractivity contribution in [1.29, 1.82) is 0 Å². The summed E-state index contributed by atoms with van der Waals surface area (Å²) >= 11 is 0. The number of nitro benzene ring substituents is 1. The van der Waals surface area contributed by atoms with Crippen molar-refractivity contribution in [3.63, 3.8) is 0 Å². The van der Waals surface area contributed by atoms with Gasteiger partial charge in [0.1, 0.15) is 5.69 Å². The van der Waals surface area contributed by atoms with Crippen molar-refractivity contribution in [3.05, 3.63) is 27.8 Å². The molecule has 2 heterocycles. The van der Waals surface area contributed by atoms with Crippen LogP contribution in [-0.2, 0) is 0 Å². The van der Waals surface area contributed by atoms with Gasteiger partial charge in [-0.05, 0) is 13.0 Å². The molecule has 2 aliphatic heterocycles. The lowest BCUT2D eigenvalue weighted by atomic mass is 10.1. The molecule has 1 saturated heterocycles. The van der Waals surface area contributed by atoms with Crippen LogP contribution in [0, 0.1) is 10.1 Å². The summed E-state index contributed by atoms with van der Waals surface area (Å²) in [6, 6.07) is 3.19. The van der Waals surface area contributed by atoms with Gasteiger partial charge in [-0.15, -0.1) is 0 Å². The number of hydrogen-bond acceptors (Lipinski definition) is 6. The van der Waals surface area contributed by atoms with Gasteiger partial charge in [-0.1, -0.05) is 0 Å². The molecule has 0 radical (unpaired) electrons. The largest absolute Gasteiger partial charge is 0.383 e. The number of hydrogen-bond donors (Lipinski definition) is 2. The molecule has 0 spiro atoms. The second-order valence-electron chi connectivity index (χ2n) is 5.69. The Kier molecular flexibility index (Phi) is 4.33. The van der Waals surface area contributed by atoms with Gasteiger partial charge in [0.2, 0.25) is 0 Å². The Morgan fingerprint density at radius 3 is 2.61 bits per heavy atom. The van der Waals surface area contributed by atoms with E-state index in [1.54, 1.807) is 11.0 Å². The SMILES string of the molecule is CCN1CCNc2cc(N3CCNCC3)c([N+](=O)[O-])cc2C1=O. The molecular formula is C15H21N5O3. The van der Waals surface area contributed by atoms with Crippen LogP contribution in [0.5, 0.6) is 0 Å². The normalized spacial score (nSPS) is 18.2. The van der Waals surface area contributed by atoms with E-state index in [9.17, 15) is 14.9 Å². The van der Waals surface area contributed by atoms with Gasteiger partial charge >= 0.3 is 0 Å². The fraction of sp³-hybridized carbons (Fsp3) is 0.533. The highest BCUT2D eigenvalue weighted by Gasteiger charge is 2.29. The molecule has 1 aromatic rings. The van der Waals surface area contributed by atoms with Crippen LogP contribution < -0.4 is 15.5 Å². The Morgan fingerprint density at radius 1 is 1.22 bits per heavy atom. The molecule has 2 N–H and O–H groups in total. The predicted octanol–water partition coefficient (Wildman–Crippen LogP) is 0.892. The second kappa shape index (κ2) is 6.41. The summed E-state index contributed by atoms with van der Waals surface area (Å²) in [4.78, 5) is 27.4. The molecule has 8 heteroatoms. The van der Waals surface area contributed by atoms with Crippen LogP contribution in [0.1, 0.15) is 17.3 Å². The minimum atomic E-state index is -0.397. The van der Waals surface area contributed by atoms with E-state index in [4.69, 9.17) is 0 Å². The minimum absolute atomic E-state index is 0.00115. The van der Waals surface area contributed by atoms with Crippen molar-refractivity contribution in [2.24, 2.45) is 0 Å². The molecule has 8 nitrogen and oxygen atoms in total. The van der Waals surface area contributed by atoms with Gasteiger partial charge in [-0.25, -0.2) is 0 Å². The van der Waals surface area contributed by atoms with Crippen LogP contribution in [0.25, 0.3) is 0 Å². The van der Waals surface area contributed by atoms with E-state index in [1.165, 1.54) is 6.07 Å². The van der Waals surface area contributed by atoms with Gasteiger partial charge in [-0.3, -0.25) is 14.9 Å². The standard InChI is InChI=1S/C15H21N5O3/c1-2-18-8-5-17-12-10-13(19-6-3-16-4-7-19)14(20(22)23)9-11(12)15(18)21/h9-10,16-17H,2-8H2,1H3. The fourth-order valence-corrected chi connectivity index (χ4v) is 3.10. The molecule has 1 aromatic carbocycles. The number of piperazine rings is 1. The number of fused-ring (bicyclic) bond motifs is 1. The third kappa shape index (κ3) is 2.94. The highest BCUT2D eigenvalue weighted by molar-refractivity contribution is 6.02. The summed E-state index contributed by atoms with van der Waals surface area (Å²) in [5, 5.41) is 18.0. The van der Waals surface area contributed by atoms with Crippen LogP contribution in [0.3, 0.4) is 0 Å². The molecule has 0 atom stereocenters. The molecule has 0 bridgehead atoms. The number of carbonyl (C=O) groups excluding carboxylic acids is 1. The monoisotopic (exact) mass is 319 g/mol. The number of nitro groups is 1. The number of carbonyl (C=O) groups is 1. The first kappa shape index (κ1) is 15.5. The van der Waals surface area contributed by atoms with Crippen LogP contribution in [0.2, 0.25) is 0 Å². The van der Waals surface area contributed by atoms with Crippen molar-refractivity contribution in [2.45, 2.75) is 6.92 Å². The summed E-state index contributed by atoms with van der Waals surface area (Å²) in [5.41, 5.74) is 1.65. The average Bonchev–Trinajstić information content (AvgIpc) is 2.73. The Bertz CT molecular complexity index is 628. The Morgan fingerprint density at radius 2 is 1.96 bits per heavy atom. The van der Waals surface area contributed by atoms with E-state index < -0.39 is 4.92 Å². The van der Waals surface area contributed by atoms with Crippen molar-refractivity contribution < 1.29 is 9.72 Å². The summed E-state index contributed by atoms with van der Waals surface area (Å²) in [5.74, 6) is -0.150. The Hall–Kier alpha value is -2.35. The molecule has 0 aromatic heterocycles. The van der Waals surface area contributed by atoms with Crippen LogP contribution in [0.4, 0.5) is 17.1 Å². The van der Waals surface area contributed by atoms with Gasteiger partial charge in [-0.2, -0.15) is 0 Å². The molecule has 23 heavy (non-hydrogen) atoms. The van der Waals surface area contributed by atoms with Gasteiger partial charge in [0.25, 0.3) is 11.6 Å². The first-order chi connectivity index (χ1) is 11.1. The summed E-state index contributed by atoms with van der Waals surface area (Å²) < 4.78 is 0. The number of likely N-dealkylation sites (N-methyl/N-ethyl adjacent to an activating group) is 1. The third-order valence-corrected chi connectivity index (χ3v) is 4.37. The van der Waals surface area contributed by atoms with Crippen LogP contribution in [0.15, 0.2) is 12.1 Å². The van der Waals surface area contributed by atoms with E-state index >= 15 is 0 Å². The highest BCUT2D eigenvalue weighted by Crippen LogP contribution is 2.35. The van der Waals surface area contributed by atoms with Crippen LogP contribution in [-0.4, -0.2) is 61.5 Å². The molecule has 3 rings (SSSR count). The topological polar surface area (TPSA) is 90.8 Å². The Balaban J connectivity index is 2.07. The van der Waals surface area contributed by atoms with Crippen molar-refractivity contribution in [3.8, 4) is 0 Å². The number of benzene rings is 1. The Labute approximate surface area is 134 Å². The first-order valence-corrected chi connectivity index (χ1v) is 7.93. The maximum atomic E-state index is 12.6. The summed E-state index contributed by atoms with van der Waals surface area (Å²) in [6.45, 7) is 6.77. The fourth-order valence-electron chi connectivity index (χ4n) is 3.10. The lowest BCUT2D eigenvalue weighted by Crippen LogP contribution is -2.43. The van der Waals surface area contributed by atoms with E-state index in [0.717, 1.165) is 13.1 Å². The van der Waals surface area contributed by atoms with Crippen LogP contribution >= 0.6 is 0 Å². The molecule has 1 amide bonds. The molecule has 1 fully saturated rings. The van der Waals surface area contributed by atoms with Gasteiger partial charge in [0, 0.05) is 57.6 Å². The van der Waals surface area contributed by atoms with E-state index in [1.807, 2.05) is 11.8 Å². The third-order valence-electron chi connectivity index (χ3n) is 4.37. The number of nitrogens with zero attached hydrogens (tertiary/aromatic N) is 3. The summed E-state index contributed by atoms with van der Waals surface area (Å²) in [6.07, 6.45) is 0. The van der Waals surface area contributed by atoms with Gasteiger partial charge in [0.15, 0.2) is 0 Å². The van der Waals surface area contributed by atoms with E-state index in [2.05, 4.69) is 10.6 Å². The molecule has 124 valence electrons. The predicted molar refractivity (Wildman–Crippen MR) is 88.2 cm³/mol. The molecular weight excluding hydrogens is 298 g/mol. The second-order valence-corrected chi connectivity index (χ2v) is 5.69. The van der Waals surface area contributed by atoms with Crippen molar-refractivity contribution in [2.75, 3.05) is 56.0 Å². The van der Waals surface area contributed by atoms with Crippen molar-refractivity contribution >= 4 is 23.0 Å². The quantitative estimate of drug-likeness (QED) is 0.635. The molecule has 0 saturated carbocycles. The summed E-state index contributed by atoms with van der Waals surface area (Å²) in [7, 11) is 0. The van der Waals surface area contributed by atoms with Gasteiger partial charge in [0.05, 0.1) is 10.5 Å². The molecule has 0 unspecified atom stereocenters. The number of rotatable bonds is 3. The maximum absolute atomic E-state index is 12.6. The zero-order valence-electron chi connectivity index (χ0n) is 13.2. The number of anilines is 2. The smallest absolute Gasteiger partial charge is 0.293 e. The maximum Gasteiger partial charge on any atom is 0.293 e. The van der Waals surface area contributed by atoms with E-state index in [0.29, 0.717) is 49.7 Å². The lowest BCUT2D eigenvalue weighted by molar-refractivity contribution is -0.384. The lowest BCUT2D eigenvalue weighted by Gasteiger charge is -2.29. The zero-order valence-corrected chi connectivity index (χ0v) is 13.2. The van der Waals surface area contributed by atoms with Gasteiger partial charge < -0.3 is 20.4 Å². The minimum Gasteiger partial charge on any atom is -0.383 e.